The van der Waals surface area contributed by atoms with E-state index in [0.29, 0.717) is 10.9 Å². The fraction of sp³-hybridized carbons (Fsp3) is 0. The second-order valence-corrected chi connectivity index (χ2v) is 4.50. The van der Waals surface area contributed by atoms with Gasteiger partial charge in [-0.1, -0.05) is 0 Å². The van der Waals surface area contributed by atoms with Crippen LogP contribution >= 0.6 is 0 Å². The van der Waals surface area contributed by atoms with Crippen molar-refractivity contribution in [1.29, 1.82) is 0 Å². The predicted molar refractivity (Wildman–Crippen MR) is 74.5 cm³/mol. The smallest absolute Gasteiger partial charge is 0.293 e. The zero-order valence-electron chi connectivity index (χ0n) is 10.5. The molecule has 0 saturated carbocycles. The average Bonchev–Trinajstić information content (AvgIpc) is 2.40. The number of nitrogens with zero attached hydrogens (tertiary/aromatic N) is 1. The average molecular weight is 286 g/mol. The second kappa shape index (κ2) is 4.41. The molecule has 2 aromatic carbocycles. The zero-order valence-corrected chi connectivity index (χ0v) is 10.5. The predicted octanol–water partition coefficient (Wildman–Crippen LogP) is 1.41. The first kappa shape index (κ1) is 12.8. The van der Waals surface area contributed by atoms with Crippen molar-refractivity contribution < 1.29 is 20.4 Å². The van der Waals surface area contributed by atoms with E-state index in [9.17, 15) is 20.1 Å². The number of phenolic OH excluding ortho intramolecular Hbond substituents is 3. The topological polar surface area (TPSA) is 127 Å². The van der Waals surface area contributed by atoms with E-state index in [0.717, 1.165) is 12.3 Å². The van der Waals surface area contributed by atoms with Crippen molar-refractivity contribution in [2.24, 2.45) is 0 Å². The Kier molecular flexibility index (Phi) is 2.69. The van der Waals surface area contributed by atoms with E-state index in [1.165, 1.54) is 18.2 Å². The third kappa shape index (κ3) is 2.10. The van der Waals surface area contributed by atoms with Gasteiger partial charge in [0.25, 0.3) is 5.56 Å². The fourth-order valence-electron chi connectivity index (χ4n) is 2.13. The van der Waals surface area contributed by atoms with Crippen molar-refractivity contribution >= 4 is 10.8 Å². The van der Waals surface area contributed by atoms with E-state index in [4.69, 9.17) is 5.11 Å². The summed E-state index contributed by atoms with van der Waals surface area (Å²) in [5.41, 5.74) is -0.347. The lowest BCUT2D eigenvalue weighted by Crippen LogP contribution is -2.07. The first-order valence-corrected chi connectivity index (χ1v) is 5.93. The lowest BCUT2D eigenvalue weighted by atomic mass is 10.0. The maximum absolute atomic E-state index is 11.4. The van der Waals surface area contributed by atoms with Crippen molar-refractivity contribution in [3.63, 3.8) is 0 Å². The first-order valence-electron chi connectivity index (χ1n) is 5.93. The van der Waals surface area contributed by atoms with Crippen LogP contribution in [-0.2, 0) is 0 Å². The standard InChI is InChI=1S/C14H10N2O5/c17-8-2-6-1-7(3-9(18)12(6)10(19)4-8)13-15-5-11(20)14(21)16-13/h1-5,17-20H,(H,15,16,21). The van der Waals surface area contributed by atoms with Gasteiger partial charge in [0.15, 0.2) is 5.75 Å². The summed E-state index contributed by atoms with van der Waals surface area (Å²) in [4.78, 5) is 17.6. The molecule has 7 heteroatoms. The number of benzene rings is 2. The minimum atomic E-state index is -0.710. The van der Waals surface area contributed by atoms with Gasteiger partial charge < -0.3 is 25.4 Å². The Hall–Kier alpha value is -3.22. The Morgan fingerprint density at radius 2 is 1.62 bits per heavy atom. The maximum atomic E-state index is 11.4. The van der Waals surface area contributed by atoms with Crippen molar-refractivity contribution in [3.8, 4) is 34.4 Å². The molecule has 106 valence electrons. The molecule has 0 radical (unpaired) electrons. The van der Waals surface area contributed by atoms with Crippen LogP contribution in [0.4, 0.5) is 0 Å². The summed E-state index contributed by atoms with van der Waals surface area (Å²) in [6, 6.07) is 5.32. The highest BCUT2D eigenvalue weighted by Crippen LogP contribution is 2.38. The lowest BCUT2D eigenvalue weighted by molar-refractivity contribution is 0.449. The van der Waals surface area contributed by atoms with Crippen LogP contribution in [0.5, 0.6) is 23.0 Å². The van der Waals surface area contributed by atoms with Crippen LogP contribution in [-0.4, -0.2) is 30.4 Å². The van der Waals surface area contributed by atoms with Crippen molar-refractivity contribution in [1.82, 2.24) is 9.97 Å². The van der Waals surface area contributed by atoms with E-state index in [-0.39, 0.29) is 28.5 Å². The summed E-state index contributed by atoms with van der Waals surface area (Å²) < 4.78 is 0. The monoisotopic (exact) mass is 286 g/mol. The van der Waals surface area contributed by atoms with Gasteiger partial charge >= 0.3 is 0 Å². The van der Waals surface area contributed by atoms with Gasteiger partial charge in [-0.15, -0.1) is 0 Å². The molecule has 3 aromatic rings. The quantitative estimate of drug-likeness (QED) is 0.460. The Bertz CT molecular complexity index is 917. The molecule has 0 saturated heterocycles. The largest absolute Gasteiger partial charge is 0.508 e. The highest BCUT2D eigenvalue weighted by Gasteiger charge is 2.12. The number of rotatable bonds is 1. The maximum Gasteiger partial charge on any atom is 0.293 e. The van der Waals surface area contributed by atoms with Crippen LogP contribution in [0.3, 0.4) is 0 Å². The molecule has 1 heterocycles. The summed E-state index contributed by atoms with van der Waals surface area (Å²) in [5.74, 6) is -1.03. The van der Waals surface area contributed by atoms with Crippen LogP contribution in [0.2, 0.25) is 0 Å². The lowest BCUT2D eigenvalue weighted by Gasteiger charge is -2.08. The summed E-state index contributed by atoms with van der Waals surface area (Å²) in [5, 5.41) is 39.0. The molecule has 21 heavy (non-hydrogen) atoms. The summed E-state index contributed by atoms with van der Waals surface area (Å²) in [7, 11) is 0. The molecule has 0 amide bonds. The molecule has 7 nitrogen and oxygen atoms in total. The normalized spacial score (nSPS) is 10.9. The molecule has 1 aromatic heterocycles. The molecule has 0 aliphatic rings. The third-order valence-corrected chi connectivity index (χ3v) is 3.05. The Balaban J connectivity index is 2.29. The number of hydrogen-bond acceptors (Lipinski definition) is 6. The van der Waals surface area contributed by atoms with Crippen LogP contribution in [0.15, 0.2) is 35.3 Å². The summed E-state index contributed by atoms with van der Waals surface area (Å²) in [6.07, 6.45) is 0.995. The van der Waals surface area contributed by atoms with Crippen LogP contribution in [0.1, 0.15) is 0 Å². The highest BCUT2D eigenvalue weighted by atomic mass is 16.3. The number of hydrogen-bond donors (Lipinski definition) is 5. The Morgan fingerprint density at radius 1 is 0.905 bits per heavy atom. The van der Waals surface area contributed by atoms with Gasteiger partial charge in [0.2, 0.25) is 0 Å². The molecule has 0 unspecified atom stereocenters. The van der Waals surface area contributed by atoms with Gasteiger partial charge in [-0.3, -0.25) is 4.79 Å². The van der Waals surface area contributed by atoms with Gasteiger partial charge in [-0.25, -0.2) is 4.98 Å². The Labute approximate surface area is 117 Å². The zero-order chi connectivity index (χ0) is 15.1. The van der Waals surface area contributed by atoms with Crippen LogP contribution in [0, 0.1) is 0 Å². The molecule has 5 N–H and O–H groups in total. The summed E-state index contributed by atoms with van der Waals surface area (Å²) >= 11 is 0. The molecule has 0 spiro atoms. The number of aromatic nitrogens is 2. The van der Waals surface area contributed by atoms with E-state index in [1.54, 1.807) is 0 Å². The van der Waals surface area contributed by atoms with E-state index in [2.05, 4.69) is 9.97 Å². The van der Waals surface area contributed by atoms with Crippen molar-refractivity contribution in [2.45, 2.75) is 0 Å². The second-order valence-electron chi connectivity index (χ2n) is 4.50. The van der Waals surface area contributed by atoms with E-state index >= 15 is 0 Å². The van der Waals surface area contributed by atoms with Crippen LogP contribution in [0.25, 0.3) is 22.2 Å². The van der Waals surface area contributed by atoms with Gasteiger partial charge in [-0.05, 0) is 23.6 Å². The third-order valence-electron chi connectivity index (χ3n) is 3.05. The number of aromatic hydroxyl groups is 4. The number of nitrogens with one attached hydrogen (secondary N) is 1. The van der Waals surface area contributed by atoms with Gasteiger partial charge in [0.1, 0.15) is 23.1 Å². The van der Waals surface area contributed by atoms with Gasteiger partial charge in [0, 0.05) is 11.6 Å². The molecule has 0 aliphatic heterocycles. The number of H-pyrrole nitrogens is 1. The number of phenols is 3. The van der Waals surface area contributed by atoms with Crippen molar-refractivity contribution in [2.75, 3.05) is 0 Å². The van der Waals surface area contributed by atoms with E-state index < -0.39 is 11.3 Å². The molecule has 0 fully saturated rings. The number of aromatic amines is 1. The molecule has 3 rings (SSSR count). The van der Waals surface area contributed by atoms with Gasteiger partial charge in [-0.2, -0.15) is 0 Å². The highest BCUT2D eigenvalue weighted by molar-refractivity contribution is 5.97. The first-order chi connectivity index (χ1) is 9.95. The fourth-order valence-corrected chi connectivity index (χ4v) is 2.13. The molecular weight excluding hydrogens is 276 g/mol. The molecule has 0 atom stereocenters. The van der Waals surface area contributed by atoms with Crippen molar-refractivity contribution in [3.05, 3.63) is 40.8 Å². The summed E-state index contributed by atoms with van der Waals surface area (Å²) in [6.45, 7) is 0. The minimum absolute atomic E-state index is 0.137. The van der Waals surface area contributed by atoms with Crippen LogP contribution < -0.4 is 5.56 Å². The van der Waals surface area contributed by atoms with Gasteiger partial charge in [0.05, 0.1) is 11.6 Å². The number of fused-ring (bicyclic) bond motifs is 1. The SMILES string of the molecule is O=c1[nH]c(-c2cc(O)c3c(O)cc(O)cc3c2)ncc1O. The molecular formula is C14H10N2O5. The Morgan fingerprint density at radius 3 is 2.33 bits per heavy atom. The molecule has 0 aliphatic carbocycles. The van der Waals surface area contributed by atoms with E-state index in [1.807, 2.05) is 0 Å². The molecule has 0 bridgehead atoms. The minimum Gasteiger partial charge on any atom is -0.508 e.